The molecule has 1 saturated heterocycles. The van der Waals surface area contributed by atoms with E-state index in [2.05, 4.69) is 54.6 Å². The molecule has 0 aromatic rings. The number of hydrogen-bond acceptors (Lipinski definition) is 5. The summed E-state index contributed by atoms with van der Waals surface area (Å²) in [6, 6.07) is 0. The number of aliphatic hydroxyl groups is 3. The fourth-order valence-electron chi connectivity index (χ4n) is 7.40. The Bertz CT molecular complexity index is 703. The van der Waals surface area contributed by atoms with Crippen molar-refractivity contribution in [2.75, 3.05) is 6.61 Å². The molecule has 8 atom stereocenters. The summed E-state index contributed by atoms with van der Waals surface area (Å²) in [4.78, 5) is 0. The van der Waals surface area contributed by atoms with Crippen LogP contribution in [0.1, 0.15) is 87.5 Å². The average molecular weight is 471 g/mol. The third kappa shape index (κ3) is 4.05. The lowest BCUT2D eigenvalue weighted by molar-refractivity contribution is -0.339. The maximum Gasteiger partial charge on any atom is 0.192 e. The molecular formula is C26H50O5Si. The van der Waals surface area contributed by atoms with Gasteiger partial charge in [-0.3, -0.25) is 0 Å². The monoisotopic (exact) mass is 470 g/mol. The van der Waals surface area contributed by atoms with Gasteiger partial charge in [-0.15, -0.1) is 0 Å². The van der Waals surface area contributed by atoms with Crippen LogP contribution in [-0.4, -0.2) is 59.8 Å². The Kier molecular flexibility index (Phi) is 6.67. The van der Waals surface area contributed by atoms with Crippen LogP contribution >= 0.6 is 0 Å². The van der Waals surface area contributed by atoms with E-state index in [-0.39, 0.29) is 34.3 Å². The zero-order valence-electron chi connectivity index (χ0n) is 22.3. The van der Waals surface area contributed by atoms with Gasteiger partial charge in [-0.25, -0.2) is 0 Å². The van der Waals surface area contributed by atoms with E-state index < -0.39 is 37.8 Å². The SMILES string of the molecule is CC1(C)CCC[C@]2(C)[C@H]3CC[C@](C)([C@H](O)CO[Si](C)(C)C(C)(C)C)O[C@]3(C)[C@@H](O)[C@@H](O)[C@@H]12. The maximum absolute atomic E-state index is 11.4. The van der Waals surface area contributed by atoms with Crippen molar-refractivity contribution < 1.29 is 24.5 Å². The number of ether oxygens (including phenoxy) is 1. The van der Waals surface area contributed by atoms with Crippen LogP contribution in [0, 0.1) is 22.7 Å². The molecule has 0 radical (unpaired) electrons. The first-order chi connectivity index (χ1) is 14.3. The fourth-order valence-corrected chi connectivity index (χ4v) is 8.41. The molecule has 0 unspecified atom stereocenters. The third-order valence-corrected chi connectivity index (χ3v) is 14.8. The number of fused-ring (bicyclic) bond motifs is 3. The van der Waals surface area contributed by atoms with Crippen LogP contribution in [0.5, 0.6) is 0 Å². The second kappa shape index (κ2) is 8.02. The molecular weight excluding hydrogens is 420 g/mol. The molecule has 2 saturated carbocycles. The van der Waals surface area contributed by atoms with E-state index in [1.807, 2.05) is 13.8 Å². The van der Waals surface area contributed by atoms with Crippen molar-refractivity contribution in [1.82, 2.24) is 0 Å². The van der Waals surface area contributed by atoms with Gasteiger partial charge in [0.1, 0.15) is 12.2 Å². The van der Waals surface area contributed by atoms with Gasteiger partial charge in [-0.1, -0.05) is 48.0 Å². The van der Waals surface area contributed by atoms with Gasteiger partial charge in [0.25, 0.3) is 0 Å². The van der Waals surface area contributed by atoms with Crippen LogP contribution < -0.4 is 0 Å². The molecule has 3 aliphatic rings. The highest BCUT2D eigenvalue weighted by Gasteiger charge is 2.68. The van der Waals surface area contributed by atoms with Crippen molar-refractivity contribution in [3.8, 4) is 0 Å². The van der Waals surface area contributed by atoms with Crippen LogP contribution in [0.25, 0.3) is 0 Å². The number of rotatable bonds is 4. The Balaban J connectivity index is 1.85. The van der Waals surface area contributed by atoms with E-state index in [9.17, 15) is 15.3 Å². The van der Waals surface area contributed by atoms with Crippen LogP contribution in [0.15, 0.2) is 0 Å². The summed E-state index contributed by atoms with van der Waals surface area (Å²) in [5, 5.41) is 34.1. The molecule has 3 fully saturated rings. The highest BCUT2D eigenvalue weighted by molar-refractivity contribution is 6.74. The van der Waals surface area contributed by atoms with E-state index in [4.69, 9.17) is 9.16 Å². The minimum Gasteiger partial charge on any atom is -0.414 e. The van der Waals surface area contributed by atoms with Crippen molar-refractivity contribution in [2.45, 2.75) is 135 Å². The van der Waals surface area contributed by atoms with E-state index >= 15 is 0 Å². The van der Waals surface area contributed by atoms with E-state index in [1.165, 1.54) is 0 Å². The van der Waals surface area contributed by atoms with Gasteiger partial charge in [0.2, 0.25) is 0 Å². The molecule has 188 valence electrons. The predicted molar refractivity (Wildman–Crippen MR) is 131 cm³/mol. The minimum absolute atomic E-state index is 0.0218. The van der Waals surface area contributed by atoms with Crippen molar-refractivity contribution in [3.05, 3.63) is 0 Å². The van der Waals surface area contributed by atoms with Gasteiger partial charge in [-0.05, 0) is 80.3 Å². The first-order valence-corrected chi connectivity index (χ1v) is 15.6. The van der Waals surface area contributed by atoms with Crippen LogP contribution in [0.4, 0.5) is 0 Å². The van der Waals surface area contributed by atoms with Crippen LogP contribution in [0.3, 0.4) is 0 Å². The molecule has 3 N–H and O–H groups in total. The standard InChI is InChI=1S/C26H50O5Si/c1-22(2,3)32(9,10)30-16-18(27)25(7)15-12-17-24(6)14-11-13-23(4,5)20(24)19(28)21(29)26(17,8)31-25/h17-21,27-29H,11-16H2,1-10H3/t17-,18-,19+,20+,21+,24-,25-,26+/m1/s1. The lowest BCUT2D eigenvalue weighted by Gasteiger charge is -2.68. The molecule has 0 aromatic carbocycles. The van der Waals surface area contributed by atoms with Crippen molar-refractivity contribution in [1.29, 1.82) is 0 Å². The molecule has 5 nitrogen and oxygen atoms in total. The lowest BCUT2D eigenvalue weighted by Crippen LogP contribution is -2.74. The summed E-state index contributed by atoms with van der Waals surface area (Å²) < 4.78 is 13.0. The molecule has 0 aromatic heterocycles. The topological polar surface area (TPSA) is 79.2 Å². The van der Waals surface area contributed by atoms with E-state index in [0.717, 1.165) is 32.1 Å². The van der Waals surface area contributed by atoms with Gasteiger partial charge in [-0.2, -0.15) is 0 Å². The molecule has 0 spiro atoms. The first kappa shape index (κ1) is 26.6. The molecule has 0 amide bonds. The second-order valence-electron chi connectivity index (χ2n) is 14.0. The quantitative estimate of drug-likeness (QED) is 0.510. The second-order valence-corrected chi connectivity index (χ2v) is 18.8. The molecule has 2 aliphatic carbocycles. The molecule has 1 heterocycles. The summed E-state index contributed by atoms with van der Waals surface area (Å²) in [5.74, 6) is 0.177. The van der Waals surface area contributed by atoms with Gasteiger partial charge >= 0.3 is 0 Å². The lowest BCUT2D eigenvalue weighted by atomic mass is 9.43. The van der Waals surface area contributed by atoms with Crippen molar-refractivity contribution >= 4 is 8.32 Å². The normalized spacial score (nSPS) is 45.7. The smallest absolute Gasteiger partial charge is 0.192 e. The fraction of sp³-hybridized carbons (Fsp3) is 1.00. The van der Waals surface area contributed by atoms with Crippen molar-refractivity contribution in [3.63, 3.8) is 0 Å². The summed E-state index contributed by atoms with van der Waals surface area (Å²) in [7, 11) is -2.00. The Labute approximate surface area is 197 Å². The predicted octanol–water partition coefficient (Wildman–Crippen LogP) is 4.88. The van der Waals surface area contributed by atoms with Crippen LogP contribution in [-0.2, 0) is 9.16 Å². The van der Waals surface area contributed by atoms with E-state index in [0.29, 0.717) is 0 Å². The van der Waals surface area contributed by atoms with Crippen LogP contribution in [0.2, 0.25) is 18.1 Å². The third-order valence-electron chi connectivity index (χ3n) is 10.3. The van der Waals surface area contributed by atoms with Gasteiger partial charge in [0, 0.05) is 0 Å². The van der Waals surface area contributed by atoms with Crippen molar-refractivity contribution in [2.24, 2.45) is 22.7 Å². The maximum atomic E-state index is 11.4. The summed E-state index contributed by atoms with van der Waals surface area (Å²) in [6.07, 6.45) is 2.25. The highest BCUT2D eigenvalue weighted by atomic mass is 28.4. The first-order valence-electron chi connectivity index (χ1n) is 12.7. The Morgan fingerprint density at radius 1 is 1.03 bits per heavy atom. The van der Waals surface area contributed by atoms with Gasteiger partial charge in [0.05, 0.1) is 23.9 Å². The molecule has 0 bridgehead atoms. The molecule has 3 rings (SSSR count). The minimum atomic E-state index is -2.00. The average Bonchev–Trinajstić information content (AvgIpc) is 2.62. The highest BCUT2D eigenvalue weighted by Crippen LogP contribution is 2.65. The Morgan fingerprint density at radius 3 is 2.19 bits per heavy atom. The van der Waals surface area contributed by atoms with Gasteiger partial charge in [0.15, 0.2) is 8.32 Å². The number of aliphatic hydroxyl groups excluding tert-OH is 3. The number of hydrogen-bond donors (Lipinski definition) is 3. The molecule has 6 heteroatoms. The Hall–Kier alpha value is 0.0169. The van der Waals surface area contributed by atoms with Gasteiger partial charge < -0.3 is 24.5 Å². The molecule has 32 heavy (non-hydrogen) atoms. The summed E-state index contributed by atoms with van der Waals surface area (Å²) >= 11 is 0. The largest absolute Gasteiger partial charge is 0.414 e. The molecule has 1 aliphatic heterocycles. The van der Waals surface area contributed by atoms with E-state index in [1.54, 1.807) is 0 Å². The summed E-state index contributed by atoms with van der Waals surface area (Å²) in [5.41, 5.74) is -1.84. The zero-order chi connectivity index (χ0) is 24.5. The summed E-state index contributed by atoms with van der Waals surface area (Å²) in [6.45, 7) is 21.9. The zero-order valence-corrected chi connectivity index (χ0v) is 23.3. The Morgan fingerprint density at radius 2 is 1.62 bits per heavy atom.